The van der Waals surface area contributed by atoms with Gasteiger partial charge >= 0.3 is 5.97 Å². The average molecular weight is 182 g/mol. The molecule has 0 spiro atoms. The van der Waals surface area contributed by atoms with Gasteiger partial charge in [-0.3, -0.25) is 4.68 Å². The summed E-state index contributed by atoms with van der Waals surface area (Å²) < 4.78 is 6.32. The third-order valence-electron chi connectivity index (χ3n) is 2.07. The second kappa shape index (κ2) is 4.07. The van der Waals surface area contributed by atoms with Crippen molar-refractivity contribution < 1.29 is 9.53 Å². The maximum absolute atomic E-state index is 11.2. The van der Waals surface area contributed by atoms with E-state index in [1.807, 2.05) is 13.8 Å². The molecule has 0 saturated carbocycles. The third kappa shape index (κ3) is 1.88. The number of nitrogens with zero attached hydrogens (tertiary/aromatic N) is 2. The number of ether oxygens (including phenoxy) is 1. The lowest BCUT2D eigenvalue weighted by molar-refractivity contribution is 0.0583. The highest BCUT2D eigenvalue weighted by Crippen LogP contribution is 2.12. The molecular formula is C9H14N2O2. The molecular weight excluding hydrogens is 168 g/mol. The standard InChI is InChI=1S/C9H14N2O2/c1-4-7(2)11-8(5-6-10-11)9(12)13-3/h5-7H,4H2,1-3H3. The van der Waals surface area contributed by atoms with Crippen LogP contribution in [0.5, 0.6) is 0 Å². The second-order valence-corrected chi connectivity index (χ2v) is 2.91. The lowest BCUT2D eigenvalue weighted by Crippen LogP contribution is -2.14. The van der Waals surface area contributed by atoms with Crippen LogP contribution in [0.2, 0.25) is 0 Å². The van der Waals surface area contributed by atoms with Crippen LogP contribution in [0, 0.1) is 0 Å². The fourth-order valence-electron chi connectivity index (χ4n) is 1.10. The molecule has 0 saturated heterocycles. The van der Waals surface area contributed by atoms with Gasteiger partial charge in [-0.05, 0) is 19.4 Å². The van der Waals surface area contributed by atoms with Crippen molar-refractivity contribution >= 4 is 5.97 Å². The number of carbonyl (C=O) groups is 1. The van der Waals surface area contributed by atoms with Crippen LogP contribution < -0.4 is 0 Å². The van der Waals surface area contributed by atoms with Crippen molar-refractivity contribution in [2.75, 3.05) is 7.11 Å². The molecule has 0 amide bonds. The quantitative estimate of drug-likeness (QED) is 0.667. The van der Waals surface area contributed by atoms with Gasteiger partial charge in [0, 0.05) is 12.2 Å². The van der Waals surface area contributed by atoms with E-state index in [9.17, 15) is 4.79 Å². The van der Waals surface area contributed by atoms with Gasteiger partial charge < -0.3 is 4.74 Å². The molecule has 0 aliphatic rings. The van der Waals surface area contributed by atoms with E-state index in [1.165, 1.54) is 7.11 Å². The topological polar surface area (TPSA) is 44.1 Å². The van der Waals surface area contributed by atoms with E-state index in [1.54, 1.807) is 16.9 Å². The molecule has 0 N–H and O–H groups in total. The van der Waals surface area contributed by atoms with Crippen LogP contribution in [0.25, 0.3) is 0 Å². The van der Waals surface area contributed by atoms with Gasteiger partial charge in [-0.15, -0.1) is 0 Å². The maximum atomic E-state index is 11.2. The summed E-state index contributed by atoms with van der Waals surface area (Å²) >= 11 is 0. The highest BCUT2D eigenvalue weighted by molar-refractivity contribution is 5.87. The first kappa shape index (κ1) is 9.77. The lowest BCUT2D eigenvalue weighted by Gasteiger charge is -2.11. The smallest absolute Gasteiger partial charge is 0.356 e. The van der Waals surface area contributed by atoms with Crippen molar-refractivity contribution in [2.45, 2.75) is 26.3 Å². The van der Waals surface area contributed by atoms with Crippen LogP contribution >= 0.6 is 0 Å². The van der Waals surface area contributed by atoms with Crippen LogP contribution in [0.3, 0.4) is 0 Å². The summed E-state index contributed by atoms with van der Waals surface area (Å²) in [6.07, 6.45) is 2.55. The summed E-state index contributed by atoms with van der Waals surface area (Å²) in [6, 6.07) is 1.89. The van der Waals surface area contributed by atoms with Crippen LogP contribution in [0.15, 0.2) is 12.3 Å². The summed E-state index contributed by atoms with van der Waals surface area (Å²) in [6.45, 7) is 4.06. The molecule has 0 aliphatic carbocycles. The Hall–Kier alpha value is -1.32. The highest BCUT2D eigenvalue weighted by Gasteiger charge is 2.14. The molecule has 1 aromatic heterocycles. The molecule has 4 heteroatoms. The summed E-state index contributed by atoms with van der Waals surface area (Å²) in [7, 11) is 1.37. The Balaban J connectivity index is 2.95. The third-order valence-corrected chi connectivity index (χ3v) is 2.07. The molecule has 1 rings (SSSR count). The maximum Gasteiger partial charge on any atom is 0.356 e. The molecule has 0 aromatic carbocycles. The molecule has 0 fully saturated rings. The van der Waals surface area contributed by atoms with Crippen molar-refractivity contribution in [1.82, 2.24) is 9.78 Å². The number of methoxy groups -OCH3 is 1. The highest BCUT2D eigenvalue weighted by atomic mass is 16.5. The van der Waals surface area contributed by atoms with Crippen molar-refractivity contribution in [3.63, 3.8) is 0 Å². The number of esters is 1. The Labute approximate surface area is 77.5 Å². The first-order valence-corrected chi connectivity index (χ1v) is 4.32. The minimum Gasteiger partial charge on any atom is -0.464 e. The zero-order chi connectivity index (χ0) is 9.84. The van der Waals surface area contributed by atoms with E-state index in [4.69, 9.17) is 0 Å². The van der Waals surface area contributed by atoms with Crippen molar-refractivity contribution in [1.29, 1.82) is 0 Å². The SMILES string of the molecule is CCC(C)n1nccc1C(=O)OC. The molecule has 13 heavy (non-hydrogen) atoms. The summed E-state index contributed by atoms with van der Waals surface area (Å²) in [5.41, 5.74) is 0.511. The van der Waals surface area contributed by atoms with Crippen molar-refractivity contribution in [2.24, 2.45) is 0 Å². The van der Waals surface area contributed by atoms with Crippen LogP contribution in [0.4, 0.5) is 0 Å². The molecule has 0 bridgehead atoms. The molecule has 1 heterocycles. The lowest BCUT2D eigenvalue weighted by atomic mass is 10.2. The zero-order valence-electron chi connectivity index (χ0n) is 8.15. The summed E-state index contributed by atoms with van der Waals surface area (Å²) in [5.74, 6) is -0.335. The fraction of sp³-hybridized carbons (Fsp3) is 0.556. The minimum absolute atomic E-state index is 0.226. The second-order valence-electron chi connectivity index (χ2n) is 2.91. The van der Waals surface area contributed by atoms with E-state index in [0.29, 0.717) is 5.69 Å². The van der Waals surface area contributed by atoms with Crippen LogP contribution in [-0.4, -0.2) is 22.9 Å². The van der Waals surface area contributed by atoms with Gasteiger partial charge in [-0.2, -0.15) is 5.10 Å². The summed E-state index contributed by atoms with van der Waals surface area (Å²) in [5, 5.41) is 4.07. The van der Waals surface area contributed by atoms with Gasteiger partial charge in [0.25, 0.3) is 0 Å². The number of carbonyl (C=O) groups excluding carboxylic acids is 1. The van der Waals surface area contributed by atoms with Gasteiger partial charge in [-0.25, -0.2) is 4.79 Å². The number of rotatable bonds is 3. The molecule has 72 valence electrons. The molecule has 0 radical (unpaired) electrons. The van der Waals surface area contributed by atoms with Crippen LogP contribution in [-0.2, 0) is 4.74 Å². The number of hydrogen-bond donors (Lipinski definition) is 0. The van der Waals surface area contributed by atoms with E-state index in [2.05, 4.69) is 9.84 Å². The van der Waals surface area contributed by atoms with E-state index < -0.39 is 0 Å². The molecule has 1 aromatic rings. The molecule has 4 nitrogen and oxygen atoms in total. The Morgan fingerprint density at radius 2 is 2.46 bits per heavy atom. The van der Waals surface area contributed by atoms with E-state index in [0.717, 1.165) is 6.42 Å². The predicted octanol–water partition coefficient (Wildman–Crippen LogP) is 1.64. The molecule has 1 atom stereocenters. The number of hydrogen-bond acceptors (Lipinski definition) is 3. The zero-order valence-corrected chi connectivity index (χ0v) is 8.15. The van der Waals surface area contributed by atoms with Gasteiger partial charge in [-0.1, -0.05) is 6.92 Å². The predicted molar refractivity (Wildman–Crippen MR) is 48.6 cm³/mol. The summed E-state index contributed by atoms with van der Waals surface area (Å²) in [4.78, 5) is 11.2. The minimum atomic E-state index is -0.335. The van der Waals surface area contributed by atoms with E-state index in [-0.39, 0.29) is 12.0 Å². The molecule has 1 unspecified atom stereocenters. The van der Waals surface area contributed by atoms with Gasteiger partial charge in [0.2, 0.25) is 0 Å². The Bertz CT molecular complexity index is 294. The van der Waals surface area contributed by atoms with Gasteiger partial charge in [0.1, 0.15) is 5.69 Å². The average Bonchev–Trinajstić information content (AvgIpc) is 2.63. The Morgan fingerprint density at radius 3 is 3.00 bits per heavy atom. The normalized spacial score (nSPS) is 12.5. The van der Waals surface area contributed by atoms with Crippen molar-refractivity contribution in [3.8, 4) is 0 Å². The first-order chi connectivity index (χ1) is 6.20. The van der Waals surface area contributed by atoms with Crippen LogP contribution in [0.1, 0.15) is 36.8 Å². The molecule has 0 aliphatic heterocycles. The Kier molecular flexibility index (Phi) is 3.06. The van der Waals surface area contributed by atoms with Gasteiger partial charge in [0.15, 0.2) is 0 Å². The Morgan fingerprint density at radius 1 is 1.77 bits per heavy atom. The first-order valence-electron chi connectivity index (χ1n) is 4.32. The number of aromatic nitrogens is 2. The largest absolute Gasteiger partial charge is 0.464 e. The monoisotopic (exact) mass is 182 g/mol. The van der Waals surface area contributed by atoms with E-state index >= 15 is 0 Å². The van der Waals surface area contributed by atoms with Crippen molar-refractivity contribution in [3.05, 3.63) is 18.0 Å². The van der Waals surface area contributed by atoms with Gasteiger partial charge in [0.05, 0.1) is 7.11 Å². The fourth-order valence-corrected chi connectivity index (χ4v) is 1.10.